The SMILES string of the molecule is COc1ccc(N2C(=O)NC(=O)/C(=C\c3cc(Cl)c(OS(=O)(=O)c4ccc(Cl)cc4)c(OC)c3)C2=O)cc1. The van der Waals surface area contributed by atoms with Crippen molar-refractivity contribution < 1.29 is 36.5 Å². The van der Waals surface area contributed by atoms with Gasteiger partial charge in [-0.3, -0.25) is 14.9 Å². The topological polar surface area (TPSA) is 128 Å². The minimum absolute atomic E-state index is 0.0892. The molecule has 13 heteroatoms. The lowest BCUT2D eigenvalue weighted by molar-refractivity contribution is -0.122. The molecule has 3 aromatic rings. The van der Waals surface area contributed by atoms with Crippen LogP contribution >= 0.6 is 23.2 Å². The number of halogens is 2. The molecule has 38 heavy (non-hydrogen) atoms. The van der Waals surface area contributed by atoms with Gasteiger partial charge in [0.1, 0.15) is 16.2 Å². The molecule has 0 saturated carbocycles. The van der Waals surface area contributed by atoms with Crippen molar-refractivity contribution in [3.05, 3.63) is 81.8 Å². The van der Waals surface area contributed by atoms with Crippen molar-refractivity contribution in [3.63, 3.8) is 0 Å². The summed E-state index contributed by atoms with van der Waals surface area (Å²) in [7, 11) is -1.58. The first-order chi connectivity index (χ1) is 18.0. The number of methoxy groups -OCH3 is 2. The van der Waals surface area contributed by atoms with Gasteiger partial charge in [-0.2, -0.15) is 8.42 Å². The van der Waals surface area contributed by atoms with E-state index in [1.165, 1.54) is 68.8 Å². The highest BCUT2D eigenvalue weighted by molar-refractivity contribution is 7.87. The Morgan fingerprint density at radius 2 is 1.55 bits per heavy atom. The quantitative estimate of drug-likeness (QED) is 0.248. The first-order valence-corrected chi connectivity index (χ1v) is 12.8. The van der Waals surface area contributed by atoms with Gasteiger partial charge in [0.05, 0.1) is 24.9 Å². The molecule has 0 aromatic heterocycles. The van der Waals surface area contributed by atoms with Gasteiger partial charge in [0.15, 0.2) is 5.75 Å². The lowest BCUT2D eigenvalue weighted by Crippen LogP contribution is -2.54. The normalized spacial score (nSPS) is 14.9. The van der Waals surface area contributed by atoms with Crippen LogP contribution in [0.2, 0.25) is 10.0 Å². The average Bonchev–Trinajstić information content (AvgIpc) is 2.88. The Labute approximate surface area is 227 Å². The summed E-state index contributed by atoms with van der Waals surface area (Å²) in [4.78, 5) is 38.7. The van der Waals surface area contributed by atoms with E-state index >= 15 is 0 Å². The van der Waals surface area contributed by atoms with Gasteiger partial charge in [-0.05, 0) is 72.3 Å². The standard InChI is InChI=1S/C25H18Cl2N2O8S/c1-35-17-7-5-16(6-8-17)29-24(31)19(23(30)28-25(29)32)11-14-12-20(27)22(21(13-14)36-2)37-38(33,34)18-9-3-15(26)4-10-18/h3-13H,1-2H3,(H,28,30,32)/b19-11+. The molecule has 4 amide bonds. The molecule has 0 radical (unpaired) electrons. The van der Waals surface area contributed by atoms with Gasteiger partial charge in [-0.1, -0.05) is 23.2 Å². The maximum Gasteiger partial charge on any atom is 0.339 e. The number of urea groups is 1. The van der Waals surface area contributed by atoms with Crippen molar-refractivity contribution in [3.8, 4) is 17.2 Å². The summed E-state index contributed by atoms with van der Waals surface area (Å²) < 4.78 is 41.0. The summed E-state index contributed by atoms with van der Waals surface area (Å²) >= 11 is 12.1. The minimum atomic E-state index is -4.30. The highest BCUT2D eigenvalue weighted by Gasteiger charge is 2.37. The summed E-state index contributed by atoms with van der Waals surface area (Å²) in [5, 5.41) is 2.27. The van der Waals surface area contributed by atoms with E-state index in [4.69, 9.17) is 36.9 Å². The Morgan fingerprint density at radius 3 is 2.16 bits per heavy atom. The summed E-state index contributed by atoms with van der Waals surface area (Å²) in [6, 6.07) is 13.0. The van der Waals surface area contributed by atoms with Crippen LogP contribution in [0, 0.1) is 0 Å². The Kier molecular flexibility index (Phi) is 7.63. The number of amides is 4. The van der Waals surface area contributed by atoms with E-state index < -0.39 is 28.0 Å². The zero-order chi connectivity index (χ0) is 27.6. The predicted octanol–water partition coefficient (Wildman–Crippen LogP) is 4.44. The van der Waals surface area contributed by atoms with Gasteiger partial charge in [0.2, 0.25) is 5.75 Å². The van der Waals surface area contributed by atoms with Crippen LogP contribution in [0.3, 0.4) is 0 Å². The number of benzene rings is 3. The molecule has 1 heterocycles. The van der Waals surface area contributed by atoms with E-state index in [-0.39, 0.29) is 38.2 Å². The smallest absolute Gasteiger partial charge is 0.339 e. The number of carbonyl (C=O) groups is 3. The van der Waals surface area contributed by atoms with Gasteiger partial charge >= 0.3 is 16.1 Å². The lowest BCUT2D eigenvalue weighted by Gasteiger charge is -2.26. The molecular weight excluding hydrogens is 559 g/mol. The van der Waals surface area contributed by atoms with Crippen molar-refractivity contribution in [1.29, 1.82) is 0 Å². The number of anilines is 1. The third-order valence-electron chi connectivity index (χ3n) is 5.29. The largest absolute Gasteiger partial charge is 0.497 e. The fourth-order valence-electron chi connectivity index (χ4n) is 3.45. The molecule has 0 spiro atoms. The Bertz CT molecular complexity index is 1570. The van der Waals surface area contributed by atoms with Crippen LogP contribution in [-0.4, -0.2) is 40.5 Å². The third-order valence-corrected chi connectivity index (χ3v) is 7.06. The second kappa shape index (κ2) is 10.7. The number of rotatable bonds is 7. The summed E-state index contributed by atoms with van der Waals surface area (Å²) in [5.41, 5.74) is 0.0325. The number of ether oxygens (including phenoxy) is 2. The second-order valence-electron chi connectivity index (χ2n) is 7.68. The number of barbiturate groups is 1. The molecule has 10 nitrogen and oxygen atoms in total. The highest BCUT2D eigenvalue weighted by Crippen LogP contribution is 2.39. The number of hydrogen-bond acceptors (Lipinski definition) is 8. The summed E-state index contributed by atoms with van der Waals surface area (Å²) in [6.07, 6.45) is 1.19. The summed E-state index contributed by atoms with van der Waals surface area (Å²) in [5.74, 6) is -1.70. The number of nitrogens with one attached hydrogen (secondary N) is 1. The molecule has 0 atom stereocenters. The fourth-order valence-corrected chi connectivity index (χ4v) is 4.84. The zero-order valence-corrected chi connectivity index (χ0v) is 22.1. The van der Waals surface area contributed by atoms with E-state index in [2.05, 4.69) is 5.32 Å². The Balaban J connectivity index is 1.68. The molecule has 1 N–H and O–H groups in total. The monoisotopic (exact) mass is 576 g/mol. The van der Waals surface area contributed by atoms with Crippen molar-refractivity contribution in [2.45, 2.75) is 4.90 Å². The second-order valence-corrected chi connectivity index (χ2v) is 10.1. The molecule has 1 fully saturated rings. The zero-order valence-electron chi connectivity index (χ0n) is 19.7. The molecule has 1 saturated heterocycles. The van der Waals surface area contributed by atoms with E-state index in [9.17, 15) is 22.8 Å². The van der Waals surface area contributed by atoms with E-state index in [0.717, 1.165) is 4.90 Å². The van der Waals surface area contributed by atoms with Gasteiger partial charge in [-0.15, -0.1) is 0 Å². The fraction of sp³-hybridized carbons (Fsp3) is 0.0800. The first-order valence-electron chi connectivity index (χ1n) is 10.7. The minimum Gasteiger partial charge on any atom is -0.497 e. The molecule has 3 aromatic carbocycles. The van der Waals surface area contributed by atoms with Crippen LogP contribution in [0.5, 0.6) is 17.2 Å². The maximum absolute atomic E-state index is 13.1. The van der Waals surface area contributed by atoms with Crippen molar-refractivity contribution in [2.75, 3.05) is 19.1 Å². The Hall–Kier alpha value is -4.06. The van der Waals surface area contributed by atoms with Crippen LogP contribution in [-0.2, 0) is 19.7 Å². The van der Waals surface area contributed by atoms with Gasteiger partial charge < -0.3 is 13.7 Å². The van der Waals surface area contributed by atoms with Gasteiger partial charge in [-0.25, -0.2) is 9.69 Å². The number of hydrogen-bond donors (Lipinski definition) is 1. The number of nitrogens with zero attached hydrogens (tertiary/aromatic N) is 1. The van der Waals surface area contributed by atoms with Crippen molar-refractivity contribution >= 4 is 62.9 Å². The molecule has 1 aliphatic rings. The molecule has 0 unspecified atom stereocenters. The van der Waals surface area contributed by atoms with Gasteiger partial charge in [0, 0.05) is 5.02 Å². The first kappa shape index (κ1) is 27.0. The van der Waals surface area contributed by atoms with Crippen LogP contribution in [0.15, 0.2) is 71.1 Å². The third kappa shape index (κ3) is 5.44. The summed E-state index contributed by atoms with van der Waals surface area (Å²) in [6.45, 7) is 0. The number of imide groups is 2. The average molecular weight is 577 g/mol. The van der Waals surface area contributed by atoms with Crippen LogP contribution in [0.1, 0.15) is 5.56 Å². The van der Waals surface area contributed by atoms with Gasteiger partial charge in [0.25, 0.3) is 11.8 Å². The molecule has 4 rings (SSSR count). The predicted molar refractivity (Wildman–Crippen MR) is 139 cm³/mol. The molecule has 0 bridgehead atoms. The van der Waals surface area contributed by atoms with E-state index in [1.807, 2.05) is 0 Å². The molecule has 0 aliphatic carbocycles. The van der Waals surface area contributed by atoms with Crippen molar-refractivity contribution in [2.24, 2.45) is 0 Å². The van der Waals surface area contributed by atoms with E-state index in [0.29, 0.717) is 10.8 Å². The highest BCUT2D eigenvalue weighted by atomic mass is 35.5. The molecule has 1 aliphatic heterocycles. The van der Waals surface area contributed by atoms with Crippen molar-refractivity contribution in [1.82, 2.24) is 5.32 Å². The number of carbonyl (C=O) groups excluding carboxylic acids is 3. The Morgan fingerprint density at radius 1 is 0.895 bits per heavy atom. The molecule has 196 valence electrons. The van der Waals surface area contributed by atoms with Crippen LogP contribution < -0.4 is 23.9 Å². The maximum atomic E-state index is 13.1. The lowest BCUT2D eigenvalue weighted by atomic mass is 10.1. The van der Waals surface area contributed by atoms with E-state index in [1.54, 1.807) is 12.1 Å². The van der Waals surface area contributed by atoms with Crippen LogP contribution in [0.4, 0.5) is 10.5 Å². The van der Waals surface area contributed by atoms with Crippen LogP contribution in [0.25, 0.3) is 6.08 Å². The molecular formula is C25H18Cl2N2O8S.